The largest absolute Gasteiger partial charge is 0.497 e. The summed E-state index contributed by atoms with van der Waals surface area (Å²) >= 11 is 1.54. The summed E-state index contributed by atoms with van der Waals surface area (Å²) in [5.74, 6) is 0.786. The maximum absolute atomic E-state index is 12.7. The van der Waals surface area contributed by atoms with E-state index in [9.17, 15) is 9.59 Å². The third-order valence-corrected chi connectivity index (χ3v) is 5.81. The SMILES string of the molecule is COc1ccc(-c2cn3cc(C(=O)N4CCN(C(C)=O)CC4)nc3s2)cc1. The number of fused-ring (bicyclic) bond motifs is 1. The van der Waals surface area contributed by atoms with Crippen LogP contribution < -0.4 is 4.74 Å². The Morgan fingerprint density at radius 2 is 1.70 bits per heavy atom. The molecule has 0 saturated carbocycles. The summed E-state index contributed by atoms with van der Waals surface area (Å²) in [4.78, 5) is 34.0. The Morgan fingerprint density at radius 1 is 1.04 bits per heavy atom. The molecule has 0 radical (unpaired) electrons. The van der Waals surface area contributed by atoms with Crippen LogP contribution in [0.2, 0.25) is 0 Å². The summed E-state index contributed by atoms with van der Waals surface area (Å²) in [6, 6.07) is 7.86. The molecule has 7 nitrogen and oxygen atoms in total. The van der Waals surface area contributed by atoms with E-state index in [4.69, 9.17) is 4.74 Å². The summed E-state index contributed by atoms with van der Waals surface area (Å²) in [6.45, 7) is 3.79. The van der Waals surface area contributed by atoms with Crippen molar-refractivity contribution >= 4 is 28.1 Å². The average Bonchev–Trinajstić information content (AvgIpc) is 3.27. The Labute approximate surface area is 160 Å². The first-order valence-electron chi connectivity index (χ1n) is 8.73. The minimum Gasteiger partial charge on any atom is -0.497 e. The van der Waals surface area contributed by atoms with Gasteiger partial charge in [0.1, 0.15) is 11.4 Å². The molecule has 3 heterocycles. The lowest BCUT2D eigenvalue weighted by molar-refractivity contribution is -0.130. The van der Waals surface area contributed by atoms with Crippen LogP contribution in [-0.2, 0) is 4.79 Å². The second kappa shape index (κ2) is 7.03. The minimum atomic E-state index is -0.0832. The average molecular weight is 384 g/mol. The Balaban J connectivity index is 1.50. The van der Waals surface area contributed by atoms with Crippen LogP contribution in [0.25, 0.3) is 15.4 Å². The van der Waals surface area contributed by atoms with Gasteiger partial charge < -0.3 is 14.5 Å². The standard InChI is InChI=1S/C19H20N4O3S/c1-13(24)21-7-9-22(10-8-21)18(25)16-11-23-12-17(27-19(23)20-16)14-3-5-15(26-2)6-4-14/h3-6,11-12H,7-10H2,1-2H3. The van der Waals surface area contributed by atoms with Crippen LogP contribution in [-0.4, -0.2) is 64.3 Å². The number of thiazole rings is 1. The van der Waals surface area contributed by atoms with Gasteiger partial charge >= 0.3 is 0 Å². The molecular formula is C19H20N4O3S. The second-order valence-electron chi connectivity index (χ2n) is 6.44. The van der Waals surface area contributed by atoms with Crippen molar-refractivity contribution in [1.82, 2.24) is 19.2 Å². The molecule has 0 unspecified atom stereocenters. The molecule has 0 atom stereocenters. The van der Waals surface area contributed by atoms with Crippen LogP contribution in [0.1, 0.15) is 17.4 Å². The number of rotatable bonds is 3. The smallest absolute Gasteiger partial charge is 0.274 e. The summed E-state index contributed by atoms with van der Waals surface area (Å²) in [5, 5.41) is 0. The maximum Gasteiger partial charge on any atom is 0.274 e. The number of hydrogen-bond donors (Lipinski definition) is 0. The molecule has 1 saturated heterocycles. The maximum atomic E-state index is 12.7. The Morgan fingerprint density at radius 3 is 2.30 bits per heavy atom. The van der Waals surface area contributed by atoms with E-state index in [1.807, 2.05) is 34.9 Å². The van der Waals surface area contributed by atoms with E-state index < -0.39 is 0 Å². The van der Waals surface area contributed by atoms with Crippen LogP contribution >= 0.6 is 11.3 Å². The minimum absolute atomic E-state index is 0.0515. The molecule has 140 valence electrons. The molecule has 0 N–H and O–H groups in total. The fraction of sp³-hybridized carbons (Fsp3) is 0.316. The number of carbonyl (C=O) groups excluding carboxylic acids is 2. The zero-order valence-corrected chi connectivity index (χ0v) is 16.0. The molecule has 1 aromatic carbocycles. The lowest BCUT2D eigenvalue weighted by Crippen LogP contribution is -2.50. The normalized spacial score (nSPS) is 14.6. The van der Waals surface area contributed by atoms with Crippen molar-refractivity contribution in [3.63, 3.8) is 0 Å². The van der Waals surface area contributed by atoms with Gasteiger partial charge in [0.25, 0.3) is 5.91 Å². The Kier molecular flexibility index (Phi) is 4.57. The highest BCUT2D eigenvalue weighted by atomic mass is 32.1. The summed E-state index contributed by atoms with van der Waals surface area (Å²) in [7, 11) is 1.65. The number of aromatic nitrogens is 2. The number of benzene rings is 1. The highest BCUT2D eigenvalue weighted by molar-refractivity contribution is 7.20. The number of amides is 2. The Hall–Kier alpha value is -2.87. The van der Waals surface area contributed by atoms with Crippen molar-refractivity contribution in [2.24, 2.45) is 0 Å². The summed E-state index contributed by atoms with van der Waals surface area (Å²) in [6.07, 6.45) is 3.76. The molecule has 1 aliphatic rings. The number of nitrogens with zero attached hydrogens (tertiary/aromatic N) is 4. The van der Waals surface area contributed by atoms with Crippen molar-refractivity contribution < 1.29 is 14.3 Å². The van der Waals surface area contributed by atoms with E-state index in [1.54, 1.807) is 41.4 Å². The van der Waals surface area contributed by atoms with Gasteiger partial charge in [-0.2, -0.15) is 0 Å². The van der Waals surface area contributed by atoms with Gasteiger partial charge in [0, 0.05) is 45.5 Å². The summed E-state index contributed by atoms with van der Waals surface area (Å²) < 4.78 is 7.08. The van der Waals surface area contributed by atoms with Gasteiger partial charge in [-0.15, -0.1) is 0 Å². The number of carbonyl (C=O) groups is 2. The molecule has 4 rings (SSSR count). The Bertz CT molecular complexity index is 953. The van der Waals surface area contributed by atoms with E-state index in [1.165, 1.54) is 0 Å². The third-order valence-electron chi connectivity index (χ3n) is 4.76. The lowest BCUT2D eigenvalue weighted by Gasteiger charge is -2.33. The van der Waals surface area contributed by atoms with Crippen LogP contribution in [0.5, 0.6) is 5.75 Å². The third kappa shape index (κ3) is 3.40. The van der Waals surface area contributed by atoms with Crippen molar-refractivity contribution in [2.45, 2.75) is 6.92 Å². The molecule has 0 bridgehead atoms. The van der Waals surface area contributed by atoms with E-state index >= 15 is 0 Å². The van der Waals surface area contributed by atoms with Gasteiger partial charge in [0.05, 0.1) is 12.0 Å². The van der Waals surface area contributed by atoms with Gasteiger partial charge in [0.15, 0.2) is 4.96 Å². The van der Waals surface area contributed by atoms with E-state index in [2.05, 4.69) is 4.98 Å². The van der Waals surface area contributed by atoms with E-state index in [0.29, 0.717) is 31.9 Å². The summed E-state index contributed by atoms with van der Waals surface area (Å²) in [5.41, 5.74) is 1.53. The zero-order valence-electron chi connectivity index (χ0n) is 15.2. The number of methoxy groups -OCH3 is 1. The number of hydrogen-bond acceptors (Lipinski definition) is 5. The number of imidazole rings is 1. The van der Waals surface area contributed by atoms with Crippen molar-refractivity contribution in [3.05, 3.63) is 42.4 Å². The van der Waals surface area contributed by atoms with Crippen molar-refractivity contribution in [3.8, 4) is 16.2 Å². The van der Waals surface area contributed by atoms with Gasteiger partial charge in [-0.1, -0.05) is 11.3 Å². The van der Waals surface area contributed by atoms with Gasteiger partial charge in [0.2, 0.25) is 5.91 Å². The molecule has 2 aromatic heterocycles. The fourth-order valence-electron chi connectivity index (χ4n) is 3.17. The molecule has 0 aliphatic carbocycles. The fourth-order valence-corrected chi connectivity index (χ4v) is 4.15. The molecule has 8 heteroatoms. The van der Waals surface area contributed by atoms with Crippen molar-refractivity contribution in [2.75, 3.05) is 33.3 Å². The predicted octanol–water partition coefficient (Wildman–Crippen LogP) is 2.38. The first kappa shape index (κ1) is 17.5. The molecule has 3 aromatic rings. The first-order chi connectivity index (χ1) is 13.0. The van der Waals surface area contributed by atoms with Crippen LogP contribution in [0.15, 0.2) is 36.7 Å². The second-order valence-corrected chi connectivity index (χ2v) is 7.45. The van der Waals surface area contributed by atoms with Crippen LogP contribution in [0.4, 0.5) is 0 Å². The van der Waals surface area contributed by atoms with Crippen molar-refractivity contribution in [1.29, 1.82) is 0 Å². The quantitative estimate of drug-likeness (QED) is 0.695. The van der Waals surface area contributed by atoms with E-state index in [-0.39, 0.29) is 11.8 Å². The number of piperazine rings is 1. The van der Waals surface area contributed by atoms with E-state index in [0.717, 1.165) is 21.2 Å². The molecule has 27 heavy (non-hydrogen) atoms. The van der Waals surface area contributed by atoms with Gasteiger partial charge in [-0.25, -0.2) is 4.98 Å². The van der Waals surface area contributed by atoms with Gasteiger partial charge in [-0.05, 0) is 29.8 Å². The molecule has 0 spiro atoms. The molecular weight excluding hydrogens is 364 g/mol. The predicted molar refractivity (Wildman–Crippen MR) is 103 cm³/mol. The highest BCUT2D eigenvalue weighted by Crippen LogP contribution is 2.30. The first-order valence-corrected chi connectivity index (χ1v) is 9.54. The number of ether oxygens (including phenoxy) is 1. The van der Waals surface area contributed by atoms with Crippen LogP contribution in [0.3, 0.4) is 0 Å². The molecule has 1 fully saturated rings. The molecule has 1 aliphatic heterocycles. The highest BCUT2D eigenvalue weighted by Gasteiger charge is 2.25. The lowest BCUT2D eigenvalue weighted by atomic mass is 10.2. The van der Waals surface area contributed by atoms with Crippen LogP contribution in [0, 0.1) is 0 Å². The topological polar surface area (TPSA) is 67.2 Å². The molecule has 2 amide bonds. The zero-order chi connectivity index (χ0) is 19.0. The monoisotopic (exact) mass is 384 g/mol. The van der Waals surface area contributed by atoms with Gasteiger partial charge in [-0.3, -0.25) is 14.0 Å².